The summed E-state index contributed by atoms with van der Waals surface area (Å²) in [6.45, 7) is 7.83. The van der Waals surface area contributed by atoms with Crippen molar-refractivity contribution in [2.45, 2.75) is 25.9 Å². The van der Waals surface area contributed by atoms with Crippen LogP contribution in [-0.2, 0) is 13.6 Å². The molecule has 3 rings (SSSR count). The second kappa shape index (κ2) is 8.21. The highest BCUT2D eigenvalue weighted by atomic mass is 16.2. The zero-order valence-electron chi connectivity index (χ0n) is 14.9. The number of aromatic nitrogens is 5. The summed E-state index contributed by atoms with van der Waals surface area (Å²) in [4.78, 5) is 14.8. The Morgan fingerprint density at radius 2 is 2.12 bits per heavy atom. The number of rotatable bonds is 7. The first-order valence-corrected chi connectivity index (χ1v) is 8.78. The van der Waals surface area contributed by atoms with E-state index in [0.717, 1.165) is 51.3 Å². The Kier molecular flexibility index (Phi) is 5.77. The zero-order chi connectivity index (χ0) is 17.6. The van der Waals surface area contributed by atoms with Crippen LogP contribution in [0, 0.1) is 0 Å². The van der Waals surface area contributed by atoms with Gasteiger partial charge in [-0.15, -0.1) is 5.10 Å². The Morgan fingerprint density at radius 3 is 2.80 bits per heavy atom. The van der Waals surface area contributed by atoms with E-state index >= 15 is 0 Å². The van der Waals surface area contributed by atoms with Crippen molar-refractivity contribution in [2.24, 2.45) is 7.05 Å². The second-order valence-electron chi connectivity index (χ2n) is 6.34. The molecule has 1 aliphatic rings. The van der Waals surface area contributed by atoms with Crippen LogP contribution in [0.2, 0.25) is 0 Å². The maximum absolute atomic E-state index is 12.4. The minimum absolute atomic E-state index is 0.0767. The van der Waals surface area contributed by atoms with Crippen LogP contribution in [-0.4, -0.2) is 68.3 Å². The highest BCUT2D eigenvalue weighted by Crippen LogP contribution is 2.15. The molecule has 0 bridgehead atoms. The summed E-state index contributed by atoms with van der Waals surface area (Å²) in [6, 6.07) is -0.0767. The summed E-state index contributed by atoms with van der Waals surface area (Å²) in [7, 11) is 1.86. The van der Waals surface area contributed by atoms with E-state index in [4.69, 9.17) is 0 Å². The largest absolute Gasteiger partial charge is 0.344 e. The lowest BCUT2D eigenvalue weighted by atomic mass is 10.1. The van der Waals surface area contributed by atoms with Crippen LogP contribution in [0.3, 0.4) is 0 Å². The number of aryl methyl sites for hydroxylation is 1. The molecular weight excluding hydrogens is 320 g/mol. The summed E-state index contributed by atoms with van der Waals surface area (Å²) in [5.74, 6) is -0.205. The number of amides is 1. The third-order valence-electron chi connectivity index (χ3n) is 4.47. The standard InChI is InChI=1S/C16H26N8O/c1-3-14(13-10-18-22(2)11-13)19-16(25)15-12-24(21-20-15)9-8-23-6-4-17-5-7-23/h10-12,14,17H,3-9H2,1-2H3,(H,19,25). The van der Waals surface area contributed by atoms with Gasteiger partial charge in [0.25, 0.3) is 5.91 Å². The van der Waals surface area contributed by atoms with Gasteiger partial charge in [0.05, 0.1) is 25.0 Å². The molecule has 1 fully saturated rings. The Morgan fingerprint density at radius 1 is 1.32 bits per heavy atom. The Hall–Kier alpha value is -2.26. The van der Waals surface area contributed by atoms with Crippen LogP contribution >= 0.6 is 0 Å². The fraction of sp³-hybridized carbons (Fsp3) is 0.625. The summed E-state index contributed by atoms with van der Waals surface area (Å²) in [5, 5.41) is 18.6. The molecule has 1 aliphatic heterocycles. The molecule has 0 spiro atoms. The summed E-state index contributed by atoms with van der Waals surface area (Å²) < 4.78 is 3.47. The maximum Gasteiger partial charge on any atom is 0.273 e. The van der Waals surface area contributed by atoms with Gasteiger partial charge >= 0.3 is 0 Å². The monoisotopic (exact) mass is 346 g/mol. The molecule has 2 aromatic heterocycles. The number of nitrogens with one attached hydrogen (secondary N) is 2. The first-order valence-electron chi connectivity index (χ1n) is 8.78. The van der Waals surface area contributed by atoms with Crippen LogP contribution < -0.4 is 10.6 Å². The van der Waals surface area contributed by atoms with Crippen LogP contribution in [0.25, 0.3) is 0 Å². The Bertz CT molecular complexity index is 688. The fourth-order valence-corrected chi connectivity index (χ4v) is 2.96. The number of hydrogen-bond acceptors (Lipinski definition) is 6. The van der Waals surface area contributed by atoms with Crippen molar-refractivity contribution in [3.8, 4) is 0 Å². The van der Waals surface area contributed by atoms with Crippen molar-refractivity contribution >= 4 is 5.91 Å². The number of carbonyl (C=O) groups excluding carboxylic acids is 1. The van der Waals surface area contributed by atoms with Gasteiger partial charge in [-0.2, -0.15) is 5.10 Å². The molecule has 9 heteroatoms. The molecular formula is C16H26N8O. The third-order valence-corrected chi connectivity index (χ3v) is 4.47. The Balaban J connectivity index is 1.54. The van der Waals surface area contributed by atoms with E-state index in [9.17, 15) is 4.79 Å². The molecule has 0 saturated carbocycles. The molecule has 1 unspecified atom stereocenters. The first kappa shape index (κ1) is 17.6. The third kappa shape index (κ3) is 4.64. The number of carbonyl (C=O) groups is 1. The highest BCUT2D eigenvalue weighted by molar-refractivity contribution is 5.92. The van der Waals surface area contributed by atoms with Gasteiger partial charge < -0.3 is 10.6 Å². The molecule has 2 N–H and O–H groups in total. The minimum atomic E-state index is -0.205. The van der Waals surface area contributed by atoms with Gasteiger partial charge in [-0.1, -0.05) is 12.1 Å². The molecule has 1 saturated heterocycles. The molecule has 0 aliphatic carbocycles. The number of nitrogens with zero attached hydrogens (tertiary/aromatic N) is 6. The highest BCUT2D eigenvalue weighted by Gasteiger charge is 2.18. The lowest BCUT2D eigenvalue weighted by Gasteiger charge is -2.26. The van der Waals surface area contributed by atoms with E-state index in [1.807, 2.05) is 20.2 Å². The van der Waals surface area contributed by atoms with Gasteiger partial charge in [0, 0.05) is 51.5 Å². The topological polar surface area (TPSA) is 92.9 Å². The lowest BCUT2D eigenvalue weighted by Crippen LogP contribution is -2.44. The van der Waals surface area contributed by atoms with Gasteiger partial charge in [0.2, 0.25) is 0 Å². The van der Waals surface area contributed by atoms with E-state index in [1.54, 1.807) is 21.8 Å². The first-order chi connectivity index (χ1) is 12.2. The molecule has 0 radical (unpaired) electrons. The van der Waals surface area contributed by atoms with Crippen molar-refractivity contribution < 1.29 is 4.79 Å². The van der Waals surface area contributed by atoms with E-state index < -0.39 is 0 Å². The van der Waals surface area contributed by atoms with Crippen LogP contribution in [0.1, 0.15) is 35.4 Å². The summed E-state index contributed by atoms with van der Waals surface area (Å²) >= 11 is 0. The fourth-order valence-electron chi connectivity index (χ4n) is 2.96. The predicted molar refractivity (Wildman–Crippen MR) is 93.0 cm³/mol. The normalized spacial score (nSPS) is 16.7. The molecule has 1 amide bonds. The molecule has 1 atom stereocenters. The van der Waals surface area contributed by atoms with E-state index in [1.165, 1.54) is 0 Å². The number of piperazine rings is 1. The van der Waals surface area contributed by atoms with Gasteiger partial charge in [-0.05, 0) is 6.42 Å². The van der Waals surface area contributed by atoms with Gasteiger partial charge in [0.15, 0.2) is 5.69 Å². The van der Waals surface area contributed by atoms with E-state index in [-0.39, 0.29) is 11.9 Å². The molecule has 9 nitrogen and oxygen atoms in total. The van der Waals surface area contributed by atoms with Crippen molar-refractivity contribution in [3.63, 3.8) is 0 Å². The predicted octanol–water partition coefficient (Wildman–Crippen LogP) is -0.202. The summed E-state index contributed by atoms with van der Waals surface area (Å²) in [5.41, 5.74) is 1.34. The van der Waals surface area contributed by atoms with Crippen LogP contribution in [0.4, 0.5) is 0 Å². The molecule has 25 heavy (non-hydrogen) atoms. The smallest absolute Gasteiger partial charge is 0.273 e. The van der Waals surface area contributed by atoms with Crippen LogP contribution in [0.5, 0.6) is 0 Å². The van der Waals surface area contributed by atoms with Crippen molar-refractivity contribution in [2.75, 3.05) is 32.7 Å². The lowest BCUT2D eigenvalue weighted by molar-refractivity contribution is 0.0930. The van der Waals surface area contributed by atoms with Gasteiger partial charge in [0.1, 0.15) is 0 Å². The van der Waals surface area contributed by atoms with Crippen molar-refractivity contribution in [3.05, 3.63) is 29.8 Å². The Labute approximate surface area is 147 Å². The van der Waals surface area contributed by atoms with E-state index in [0.29, 0.717) is 5.69 Å². The van der Waals surface area contributed by atoms with Gasteiger partial charge in [-0.3, -0.25) is 19.1 Å². The second-order valence-corrected chi connectivity index (χ2v) is 6.34. The molecule has 3 heterocycles. The van der Waals surface area contributed by atoms with Crippen molar-refractivity contribution in [1.82, 2.24) is 40.3 Å². The quantitative estimate of drug-likeness (QED) is 0.721. The summed E-state index contributed by atoms with van der Waals surface area (Å²) in [6.07, 6.45) is 6.19. The zero-order valence-corrected chi connectivity index (χ0v) is 14.9. The molecule has 0 aromatic carbocycles. The average Bonchev–Trinajstić information content (AvgIpc) is 3.28. The van der Waals surface area contributed by atoms with Crippen LogP contribution in [0.15, 0.2) is 18.6 Å². The minimum Gasteiger partial charge on any atom is -0.344 e. The maximum atomic E-state index is 12.4. The van der Waals surface area contributed by atoms with Gasteiger partial charge in [-0.25, -0.2) is 0 Å². The van der Waals surface area contributed by atoms with E-state index in [2.05, 4.69) is 30.9 Å². The average molecular weight is 346 g/mol. The SMILES string of the molecule is CCC(NC(=O)c1cn(CCN2CCNCC2)nn1)c1cnn(C)c1. The molecule has 136 valence electrons. The number of hydrogen-bond donors (Lipinski definition) is 2. The molecule has 2 aromatic rings. The van der Waals surface area contributed by atoms with Crippen molar-refractivity contribution in [1.29, 1.82) is 0 Å².